The third kappa shape index (κ3) is 6.73. The van der Waals surface area contributed by atoms with Gasteiger partial charge in [0.1, 0.15) is 23.3 Å². The molecule has 210 valence electrons. The molecular weight excluding hydrogens is 544 g/mol. The predicted molar refractivity (Wildman–Crippen MR) is 122 cm³/mol. The van der Waals surface area contributed by atoms with Gasteiger partial charge in [0.15, 0.2) is 52.4 Å². The summed E-state index contributed by atoms with van der Waals surface area (Å²) >= 11 is 0. The minimum absolute atomic E-state index is 0.00133. The van der Waals surface area contributed by atoms with Crippen LogP contribution in [0.4, 0.5) is 39.5 Å². The highest BCUT2D eigenvalue weighted by Crippen LogP contribution is 2.39. The molecule has 1 unspecified atom stereocenters. The smallest absolute Gasteiger partial charge is 0.489 e. The first-order valence-electron chi connectivity index (χ1n) is 11.4. The second kappa shape index (κ2) is 11.7. The third-order valence-electron chi connectivity index (χ3n) is 5.59. The van der Waals surface area contributed by atoms with Gasteiger partial charge < -0.3 is 18.4 Å². The van der Waals surface area contributed by atoms with E-state index in [2.05, 4.69) is 0 Å². The first kappa shape index (κ1) is 30.0. The summed E-state index contributed by atoms with van der Waals surface area (Å²) < 4.78 is 141. The standard InChI is InChI=1S/C25H22BF9NO3/c1-5-6-19(36(2,3)4)21-20(11-18(31)24(34)25(21)35)39-26(37-12-7-14(27)22(32)15(28)8-12)38-13-9-16(29)23(33)17(30)10-13/h7-11,19H,5-6H2,1-4H3/q+1. The third-order valence-corrected chi connectivity index (χ3v) is 5.59. The van der Waals surface area contributed by atoms with Crippen LogP contribution in [0.25, 0.3) is 0 Å². The van der Waals surface area contributed by atoms with Crippen molar-refractivity contribution in [1.82, 2.24) is 0 Å². The summed E-state index contributed by atoms with van der Waals surface area (Å²) in [6.45, 7) is 1.76. The Hall–Kier alpha value is -3.55. The first-order valence-corrected chi connectivity index (χ1v) is 11.4. The lowest BCUT2D eigenvalue weighted by molar-refractivity contribution is -0.902. The molecule has 0 radical (unpaired) electrons. The van der Waals surface area contributed by atoms with Crippen LogP contribution in [0.2, 0.25) is 0 Å². The maximum absolute atomic E-state index is 15.2. The van der Waals surface area contributed by atoms with Gasteiger partial charge in [-0.3, -0.25) is 0 Å². The fourth-order valence-corrected chi connectivity index (χ4v) is 3.79. The molecule has 4 nitrogen and oxygen atoms in total. The largest absolute Gasteiger partial charge is 0.864 e. The fraction of sp³-hybridized carbons (Fsp3) is 0.280. The minimum atomic E-state index is -2.32. The molecule has 0 heterocycles. The van der Waals surface area contributed by atoms with E-state index in [1.807, 2.05) is 0 Å². The Morgan fingerprint density at radius 2 is 1.03 bits per heavy atom. The van der Waals surface area contributed by atoms with E-state index in [1.165, 1.54) is 0 Å². The van der Waals surface area contributed by atoms with Crippen LogP contribution in [0.1, 0.15) is 31.4 Å². The number of quaternary nitrogens is 1. The van der Waals surface area contributed by atoms with Crippen LogP contribution in [0.15, 0.2) is 30.3 Å². The number of halogens is 9. The van der Waals surface area contributed by atoms with Crippen LogP contribution < -0.4 is 14.0 Å². The highest BCUT2D eigenvalue weighted by molar-refractivity contribution is 6.39. The summed E-state index contributed by atoms with van der Waals surface area (Å²) in [4.78, 5) is 0. The number of benzene rings is 3. The van der Waals surface area contributed by atoms with Crippen LogP contribution in [0.3, 0.4) is 0 Å². The molecule has 0 amide bonds. The molecule has 0 N–H and O–H groups in total. The average molecular weight is 566 g/mol. The average Bonchev–Trinajstić information content (AvgIpc) is 2.83. The van der Waals surface area contributed by atoms with Crippen molar-refractivity contribution in [3.8, 4) is 17.2 Å². The summed E-state index contributed by atoms with van der Waals surface area (Å²) in [6.07, 6.45) is 0.716. The SMILES string of the molecule is CCCC(c1c(OB(Oc2cc(F)c(F)c(F)c2)Oc2cc(F)c(F)c(F)c2)cc(F)c(F)c1F)[N+](C)(C)C. The van der Waals surface area contributed by atoms with Crippen molar-refractivity contribution in [1.29, 1.82) is 0 Å². The lowest BCUT2D eigenvalue weighted by Crippen LogP contribution is -2.41. The second-order valence-electron chi connectivity index (χ2n) is 9.36. The van der Waals surface area contributed by atoms with E-state index < -0.39 is 88.5 Å². The van der Waals surface area contributed by atoms with Gasteiger partial charge in [0.05, 0.1) is 26.7 Å². The van der Waals surface area contributed by atoms with E-state index in [1.54, 1.807) is 28.1 Å². The first-order chi connectivity index (χ1) is 18.1. The van der Waals surface area contributed by atoms with Crippen molar-refractivity contribution in [3.63, 3.8) is 0 Å². The van der Waals surface area contributed by atoms with Crippen molar-refractivity contribution < 1.29 is 58.0 Å². The van der Waals surface area contributed by atoms with Crippen molar-refractivity contribution in [3.05, 3.63) is 88.3 Å². The molecule has 3 aromatic rings. The van der Waals surface area contributed by atoms with E-state index >= 15 is 4.39 Å². The highest BCUT2D eigenvalue weighted by Gasteiger charge is 2.39. The topological polar surface area (TPSA) is 27.7 Å². The molecule has 3 aromatic carbocycles. The van der Waals surface area contributed by atoms with Gasteiger partial charge in [-0.2, -0.15) is 0 Å². The molecule has 0 saturated heterocycles. The van der Waals surface area contributed by atoms with Crippen molar-refractivity contribution >= 4 is 7.32 Å². The Morgan fingerprint density at radius 1 is 0.615 bits per heavy atom. The van der Waals surface area contributed by atoms with Gasteiger partial charge in [-0.1, -0.05) is 13.3 Å². The van der Waals surface area contributed by atoms with Crippen LogP contribution >= 0.6 is 0 Å². The van der Waals surface area contributed by atoms with Gasteiger partial charge in [0.2, 0.25) is 0 Å². The summed E-state index contributed by atoms with van der Waals surface area (Å²) in [7, 11) is 2.60. The zero-order valence-corrected chi connectivity index (χ0v) is 21.0. The predicted octanol–water partition coefficient (Wildman–Crippen LogP) is 7.01. The van der Waals surface area contributed by atoms with Gasteiger partial charge in [-0.05, 0) is 0 Å². The van der Waals surface area contributed by atoms with E-state index in [0.717, 1.165) is 0 Å². The maximum atomic E-state index is 15.2. The molecule has 0 aliphatic carbocycles. The molecule has 0 saturated carbocycles. The Bertz CT molecular complexity index is 1260. The molecule has 14 heteroatoms. The lowest BCUT2D eigenvalue weighted by Gasteiger charge is -2.35. The monoisotopic (exact) mass is 566 g/mol. The minimum Gasteiger partial charge on any atom is -0.489 e. The van der Waals surface area contributed by atoms with Crippen LogP contribution in [0.5, 0.6) is 17.2 Å². The van der Waals surface area contributed by atoms with E-state index in [-0.39, 0.29) is 10.9 Å². The molecule has 39 heavy (non-hydrogen) atoms. The molecule has 0 fully saturated rings. The van der Waals surface area contributed by atoms with Crippen LogP contribution in [0, 0.1) is 52.4 Å². The van der Waals surface area contributed by atoms with Gasteiger partial charge in [-0.15, -0.1) is 0 Å². The zero-order chi connectivity index (χ0) is 29.2. The molecule has 0 aromatic heterocycles. The summed E-state index contributed by atoms with van der Waals surface area (Å²) in [5.41, 5.74) is -0.464. The van der Waals surface area contributed by atoms with Gasteiger partial charge in [0, 0.05) is 36.8 Å². The van der Waals surface area contributed by atoms with Crippen LogP contribution in [-0.2, 0) is 0 Å². The number of nitrogens with zero attached hydrogens (tertiary/aromatic N) is 1. The van der Waals surface area contributed by atoms with Gasteiger partial charge in [-0.25, -0.2) is 39.5 Å². The Balaban J connectivity index is 2.15. The van der Waals surface area contributed by atoms with E-state index in [9.17, 15) is 35.1 Å². The molecule has 1 atom stereocenters. The summed E-state index contributed by atoms with van der Waals surface area (Å²) in [6, 6.07) is 1.07. The second-order valence-corrected chi connectivity index (χ2v) is 9.36. The molecule has 0 spiro atoms. The van der Waals surface area contributed by atoms with E-state index in [4.69, 9.17) is 14.0 Å². The van der Waals surface area contributed by atoms with Crippen molar-refractivity contribution in [2.75, 3.05) is 21.1 Å². The van der Waals surface area contributed by atoms with Gasteiger partial charge in [0.25, 0.3) is 0 Å². The Labute approximate surface area is 218 Å². The molecule has 0 aliphatic rings. The number of hydrogen-bond donors (Lipinski definition) is 0. The zero-order valence-electron chi connectivity index (χ0n) is 21.0. The molecule has 0 aliphatic heterocycles. The van der Waals surface area contributed by atoms with Gasteiger partial charge >= 0.3 is 7.32 Å². The number of rotatable bonds is 10. The lowest BCUT2D eigenvalue weighted by atomic mass is 9.97. The Kier molecular flexibility index (Phi) is 8.99. The molecular formula is C25H22BF9NO3+. The maximum Gasteiger partial charge on any atom is 0.864 e. The normalized spacial score (nSPS) is 12.3. The summed E-state index contributed by atoms with van der Waals surface area (Å²) in [5.74, 6) is -17.8. The molecule has 0 bridgehead atoms. The Morgan fingerprint density at radius 3 is 1.41 bits per heavy atom. The van der Waals surface area contributed by atoms with Crippen molar-refractivity contribution in [2.24, 2.45) is 0 Å². The highest BCUT2D eigenvalue weighted by atomic mass is 19.2. The number of hydrogen-bond acceptors (Lipinski definition) is 3. The van der Waals surface area contributed by atoms with E-state index in [0.29, 0.717) is 36.8 Å². The fourth-order valence-electron chi connectivity index (χ4n) is 3.79. The quantitative estimate of drug-likeness (QED) is 0.115. The molecule has 3 rings (SSSR count). The van der Waals surface area contributed by atoms with Crippen LogP contribution in [-0.4, -0.2) is 32.9 Å². The summed E-state index contributed by atoms with van der Waals surface area (Å²) in [5, 5.41) is 0. The van der Waals surface area contributed by atoms with Crippen molar-refractivity contribution in [2.45, 2.75) is 25.8 Å².